The standard InChI is InChI=1S/C23H29N5.HI/c1-18-10-7-8-11-20(18)16-26-23(24-3)25-15-9-12-21-17-28(27-19(21)2)22-13-5-4-6-14-22;/h4-8,10-11,13-14,17H,9,12,15-16H2,1-3H3,(H2,24,25,26);1H. The SMILES string of the molecule is CN=C(NCCCc1cn(-c2ccccc2)nc1C)NCc1ccccc1C.I. The van der Waals surface area contributed by atoms with Crippen molar-refractivity contribution in [2.75, 3.05) is 13.6 Å². The van der Waals surface area contributed by atoms with E-state index < -0.39 is 0 Å². The summed E-state index contributed by atoms with van der Waals surface area (Å²) in [6, 6.07) is 18.6. The Hall–Kier alpha value is -2.35. The number of hydrogen-bond donors (Lipinski definition) is 2. The molecule has 5 nitrogen and oxygen atoms in total. The molecule has 0 aliphatic rings. The summed E-state index contributed by atoms with van der Waals surface area (Å²) in [4.78, 5) is 4.32. The van der Waals surface area contributed by atoms with Gasteiger partial charge in [0.1, 0.15) is 0 Å². The summed E-state index contributed by atoms with van der Waals surface area (Å²) >= 11 is 0. The zero-order chi connectivity index (χ0) is 19.8. The van der Waals surface area contributed by atoms with Gasteiger partial charge < -0.3 is 10.6 Å². The van der Waals surface area contributed by atoms with Gasteiger partial charge in [-0.2, -0.15) is 5.10 Å². The van der Waals surface area contributed by atoms with Crippen LogP contribution in [0.5, 0.6) is 0 Å². The molecule has 2 aromatic carbocycles. The largest absolute Gasteiger partial charge is 0.356 e. The summed E-state index contributed by atoms with van der Waals surface area (Å²) < 4.78 is 1.96. The van der Waals surface area contributed by atoms with Crippen LogP contribution in [0, 0.1) is 13.8 Å². The van der Waals surface area contributed by atoms with Crippen molar-refractivity contribution in [1.82, 2.24) is 20.4 Å². The number of halogens is 1. The van der Waals surface area contributed by atoms with Crippen molar-refractivity contribution in [2.45, 2.75) is 33.2 Å². The van der Waals surface area contributed by atoms with Crippen LogP contribution in [-0.2, 0) is 13.0 Å². The van der Waals surface area contributed by atoms with Gasteiger partial charge in [-0.05, 0) is 55.5 Å². The van der Waals surface area contributed by atoms with E-state index in [-0.39, 0.29) is 24.0 Å². The van der Waals surface area contributed by atoms with Crippen LogP contribution in [0.25, 0.3) is 5.69 Å². The van der Waals surface area contributed by atoms with Gasteiger partial charge in [-0.1, -0.05) is 42.5 Å². The molecule has 0 radical (unpaired) electrons. The number of aliphatic imine (C=N–C) groups is 1. The second-order valence-corrected chi connectivity index (χ2v) is 6.90. The average molecular weight is 503 g/mol. The Labute approximate surface area is 190 Å². The molecule has 0 saturated carbocycles. The summed E-state index contributed by atoms with van der Waals surface area (Å²) in [6.45, 7) is 5.84. The number of nitrogens with one attached hydrogen (secondary N) is 2. The van der Waals surface area contributed by atoms with Gasteiger partial charge >= 0.3 is 0 Å². The Balaban J connectivity index is 0.00000300. The summed E-state index contributed by atoms with van der Waals surface area (Å²) in [7, 11) is 1.81. The number of aryl methyl sites for hydroxylation is 3. The molecule has 0 aliphatic carbocycles. The second kappa shape index (κ2) is 11.6. The lowest BCUT2D eigenvalue weighted by Crippen LogP contribution is -2.37. The Kier molecular flexibility index (Phi) is 9.18. The molecule has 0 aliphatic heterocycles. The summed E-state index contributed by atoms with van der Waals surface area (Å²) in [5.74, 6) is 0.833. The highest BCUT2D eigenvalue weighted by Gasteiger charge is 2.06. The van der Waals surface area contributed by atoms with Crippen LogP contribution in [0.15, 0.2) is 65.8 Å². The van der Waals surface area contributed by atoms with Crippen LogP contribution in [-0.4, -0.2) is 29.3 Å². The molecule has 0 unspecified atom stereocenters. The van der Waals surface area contributed by atoms with Gasteiger partial charge in [0.05, 0.1) is 11.4 Å². The predicted molar refractivity (Wildman–Crippen MR) is 131 cm³/mol. The first-order valence-corrected chi connectivity index (χ1v) is 9.77. The summed E-state index contributed by atoms with van der Waals surface area (Å²) in [5.41, 5.74) is 6.04. The van der Waals surface area contributed by atoms with E-state index in [0.717, 1.165) is 43.3 Å². The lowest BCUT2D eigenvalue weighted by atomic mass is 10.1. The molecule has 2 N–H and O–H groups in total. The van der Waals surface area contributed by atoms with Crippen LogP contribution in [0.4, 0.5) is 0 Å². The zero-order valence-electron chi connectivity index (χ0n) is 17.4. The quantitative estimate of drug-likeness (QED) is 0.218. The van der Waals surface area contributed by atoms with E-state index in [2.05, 4.69) is 77.2 Å². The molecule has 3 aromatic rings. The first kappa shape index (κ1) is 22.9. The van der Waals surface area contributed by atoms with Gasteiger partial charge in [0.15, 0.2) is 5.96 Å². The minimum absolute atomic E-state index is 0. The molecular formula is C23H30IN5. The molecule has 1 heterocycles. The monoisotopic (exact) mass is 503 g/mol. The van der Waals surface area contributed by atoms with Gasteiger partial charge in [0.2, 0.25) is 0 Å². The first-order chi connectivity index (χ1) is 13.7. The van der Waals surface area contributed by atoms with Crippen molar-refractivity contribution in [3.63, 3.8) is 0 Å². The van der Waals surface area contributed by atoms with E-state index in [1.165, 1.54) is 16.7 Å². The molecule has 0 fully saturated rings. The van der Waals surface area contributed by atoms with Gasteiger partial charge in [-0.25, -0.2) is 4.68 Å². The Bertz CT molecular complexity index is 918. The number of para-hydroxylation sites is 1. The fraction of sp³-hybridized carbons (Fsp3) is 0.304. The zero-order valence-corrected chi connectivity index (χ0v) is 19.7. The van der Waals surface area contributed by atoms with Crippen molar-refractivity contribution >= 4 is 29.9 Å². The fourth-order valence-corrected chi connectivity index (χ4v) is 3.15. The maximum atomic E-state index is 4.64. The average Bonchev–Trinajstić information content (AvgIpc) is 3.10. The van der Waals surface area contributed by atoms with Crippen molar-refractivity contribution in [3.05, 3.63) is 83.2 Å². The van der Waals surface area contributed by atoms with Crippen LogP contribution in [0.1, 0.15) is 28.8 Å². The van der Waals surface area contributed by atoms with E-state index in [1.54, 1.807) is 7.05 Å². The Morgan fingerprint density at radius 2 is 1.69 bits per heavy atom. The summed E-state index contributed by atoms with van der Waals surface area (Å²) in [5, 5.41) is 11.4. The Morgan fingerprint density at radius 1 is 0.966 bits per heavy atom. The third-order valence-electron chi connectivity index (χ3n) is 4.87. The number of aromatic nitrogens is 2. The first-order valence-electron chi connectivity index (χ1n) is 9.77. The number of benzene rings is 2. The number of rotatable bonds is 7. The molecule has 0 bridgehead atoms. The molecular weight excluding hydrogens is 473 g/mol. The van der Waals surface area contributed by atoms with Crippen LogP contribution < -0.4 is 10.6 Å². The van der Waals surface area contributed by atoms with Crippen molar-refractivity contribution in [3.8, 4) is 5.69 Å². The van der Waals surface area contributed by atoms with Crippen molar-refractivity contribution in [1.29, 1.82) is 0 Å². The molecule has 1 aromatic heterocycles. The van der Waals surface area contributed by atoms with E-state index in [4.69, 9.17) is 0 Å². The fourth-order valence-electron chi connectivity index (χ4n) is 3.15. The highest BCUT2D eigenvalue weighted by molar-refractivity contribution is 14.0. The minimum atomic E-state index is 0. The highest BCUT2D eigenvalue weighted by Crippen LogP contribution is 2.13. The normalized spacial score (nSPS) is 11.1. The molecule has 6 heteroatoms. The minimum Gasteiger partial charge on any atom is -0.356 e. The molecule has 0 amide bonds. The number of nitrogens with zero attached hydrogens (tertiary/aromatic N) is 3. The lowest BCUT2D eigenvalue weighted by molar-refractivity contribution is 0.739. The third kappa shape index (κ3) is 6.59. The third-order valence-corrected chi connectivity index (χ3v) is 4.87. The van der Waals surface area contributed by atoms with E-state index in [1.807, 2.05) is 22.9 Å². The number of hydrogen-bond acceptors (Lipinski definition) is 2. The maximum absolute atomic E-state index is 4.64. The predicted octanol–water partition coefficient (Wildman–Crippen LogP) is 4.40. The van der Waals surface area contributed by atoms with E-state index in [0.29, 0.717) is 0 Å². The van der Waals surface area contributed by atoms with Gasteiger partial charge in [-0.15, -0.1) is 24.0 Å². The lowest BCUT2D eigenvalue weighted by Gasteiger charge is -2.13. The molecule has 3 rings (SSSR count). The Morgan fingerprint density at radius 3 is 2.41 bits per heavy atom. The number of guanidine groups is 1. The van der Waals surface area contributed by atoms with Crippen LogP contribution >= 0.6 is 24.0 Å². The van der Waals surface area contributed by atoms with Gasteiger partial charge in [0, 0.05) is 26.3 Å². The highest BCUT2D eigenvalue weighted by atomic mass is 127. The molecule has 0 atom stereocenters. The van der Waals surface area contributed by atoms with Crippen molar-refractivity contribution < 1.29 is 0 Å². The van der Waals surface area contributed by atoms with E-state index in [9.17, 15) is 0 Å². The maximum Gasteiger partial charge on any atom is 0.191 e. The summed E-state index contributed by atoms with van der Waals surface area (Å²) in [6.07, 6.45) is 4.14. The van der Waals surface area contributed by atoms with Crippen molar-refractivity contribution in [2.24, 2.45) is 4.99 Å². The van der Waals surface area contributed by atoms with Gasteiger partial charge in [-0.3, -0.25) is 4.99 Å². The van der Waals surface area contributed by atoms with Gasteiger partial charge in [0.25, 0.3) is 0 Å². The topological polar surface area (TPSA) is 54.2 Å². The molecule has 0 saturated heterocycles. The van der Waals surface area contributed by atoms with Crippen LogP contribution in [0.2, 0.25) is 0 Å². The molecule has 0 spiro atoms. The molecule has 29 heavy (non-hydrogen) atoms. The smallest absolute Gasteiger partial charge is 0.191 e. The van der Waals surface area contributed by atoms with E-state index >= 15 is 0 Å². The molecule has 154 valence electrons. The van der Waals surface area contributed by atoms with Crippen LogP contribution in [0.3, 0.4) is 0 Å². The second-order valence-electron chi connectivity index (χ2n) is 6.90.